The van der Waals surface area contributed by atoms with Gasteiger partial charge in [0.05, 0.1) is 12.1 Å². The van der Waals surface area contributed by atoms with E-state index in [2.05, 4.69) is 4.99 Å². The monoisotopic (exact) mass is 368 g/mol. The first kappa shape index (κ1) is 21.4. The van der Waals surface area contributed by atoms with Gasteiger partial charge in [-0.2, -0.15) is 5.26 Å². The minimum Gasteiger partial charge on any atom is -0.445 e. The zero-order valence-electron chi connectivity index (χ0n) is 15.6. The molecule has 6 nitrogen and oxygen atoms in total. The molecule has 0 radical (unpaired) electrons. The molecule has 1 aromatic carbocycles. The Labute approximate surface area is 151 Å². The van der Waals surface area contributed by atoms with Crippen molar-refractivity contribution in [1.82, 2.24) is 0 Å². The molecule has 0 aliphatic carbocycles. The Morgan fingerprint density at radius 1 is 1.08 bits per heavy atom. The van der Waals surface area contributed by atoms with Gasteiger partial charge in [-0.1, -0.05) is 6.07 Å². The van der Waals surface area contributed by atoms with E-state index in [0.29, 0.717) is 0 Å². The van der Waals surface area contributed by atoms with Gasteiger partial charge >= 0.3 is 12.2 Å². The molecule has 0 saturated carbocycles. The third-order valence-electron chi connectivity index (χ3n) is 2.61. The van der Waals surface area contributed by atoms with E-state index >= 15 is 0 Å². The molecule has 0 fully saturated rings. The Bertz CT molecular complexity index is 741. The number of halogens is 2. The van der Waals surface area contributed by atoms with Crippen LogP contribution < -0.4 is 0 Å². The Hall–Kier alpha value is -2.69. The van der Waals surface area contributed by atoms with Gasteiger partial charge in [0.25, 0.3) is 0 Å². The molecule has 0 saturated heterocycles. The fourth-order valence-electron chi connectivity index (χ4n) is 1.64. The van der Waals surface area contributed by atoms with Crippen molar-refractivity contribution in [2.24, 2.45) is 4.99 Å². The molecule has 0 atom stereocenters. The first-order valence-electron chi connectivity index (χ1n) is 7.83. The van der Waals surface area contributed by atoms with Gasteiger partial charge in [-0.05, 0) is 47.6 Å². The molecule has 1 aromatic rings. The van der Waals surface area contributed by atoms with Crippen molar-refractivity contribution in [2.45, 2.75) is 59.3 Å². The van der Waals surface area contributed by atoms with Crippen molar-refractivity contribution in [1.29, 1.82) is 5.26 Å². The lowest BCUT2D eigenvalue weighted by Gasteiger charge is -2.23. The van der Waals surface area contributed by atoms with Gasteiger partial charge in [0.2, 0.25) is 0 Å². The van der Waals surface area contributed by atoms with Crippen molar-refractivity contribution in [2.75, 3.05) is 0 Å². The first-order chi connectivity index (χ1) is 11.8. The average Bonchev–Trinajstić information content (AvgIpc) is 2.45. The van der Waals surface area contributed by atoms with Crippen LogP contribution in [0.15, 0.2) is 17.1 Å². The Kier molecular flexibility index (Phi) is 6.67. The number of carbonyl (C=O) groups is 1. The Balaban J connectivity index is 3.03. The van der Waals surface area contributed by atoms with Crippen molar-refractivity contribution < 1.29 is 27.8 Å². The van der Waals surface area contributed by atoms with Gasteiger partial charge < -0.3 is 14.2 Å². The molecule has 142 valence electrons. The second-order valence-corrected chi connectivity index (χ2v) is 7.38. The van der Waals surface area contributed by atoms with Gasteiger partial charge in [-0.25, -0.2) is 18.6 Å². The maximum absolute atomic E-state index is 14.0. The zero-order chi connectivity index (χ0) is 20.1. The second-order valence-electron chi connectivity index (χ2n) is 7.38. The summed E-state index contributed by atoms with van der Waals surface area (Å²) in [4.78, 5) is 15.7. The van der Waals surface area contributed by atoms with Crippen LogP contribution in [0.25, 0.3) is 0 Å². The van der Waals surface area contributed by atoms with Gasteiger partial charge in [0.1, 0.15) is 17.3 Å². The summed E-state index contributed by atoms with van der Waals surface area (Å²) >= 11 is 0. The molecule has 0 aromatic heterocycles. The van der Waals surface area contributed by atoms with Crippen LogP contribution in [0.3, 0.4) is 0 Å². The molecule has 0 N–H and O–H groups in total. The summed E-state index contributed by atoms with van der Waals surface area (Å²) in [7, 11) is 0. The molecule has 0 bridgehead atoms. The highest BCUT2D eigenvalue weighted by Crippen LogP contribution is 2.18. The van der Waals surface area contributed by atoms with Crippen molar-refractivity contribution in [3.8, 4) is 6.07 Å². The summed E-state index contributed by atoms with van der Waals surface area (Å²) < 4.78 is 43.0. The summed E-state index contributed by atoms with van der Waals surface area (Å²) in [6.07, 6.45) is -1.47. The molecule has 0 heterocycles. The largest absolute Gasteiger partial charge is 0.517 e. The predicted octanol–water partition coefficient (Wildman–Crippen LogP) is 4.46. The number of aliphatic imine (C=N–C) groups is 1. The van der Waals surface area contributed by atoms with Gasteiger partial charge in [-0.3, -0.25) is 0 Å². The van der Waals surface area contributed by atoms with E-state index in [1.165, 1.54) is 6.07 Å². The van der Waals surface area contributed by atoms with E-state index in [4.69, 9.17) is 19.5 Å². The number of carbonyl (C=O) groups excluding carboxylic acids is 1. The highest BCUT2D eigenvalue weighted by atomic mass is 19.2. The smallest absolute Gasteiger partial charge is 0.445 e. The second kappa shape index (κ2) is 8.13. The molecule has 0 amide bonds. The first-order valence-corrected chi connectivity index (χ1v) is 7.83. The molecular weight excluding hydrogens is 346 g/mol. The number of nitriles is 1. The topological polar surface area (TPSA) is 80.9 Å². The van der Waals surface area contributed by atoms with Crippen LogP contribution in [0.2, 0.25) is 0 Å². The van der Waals surface area contributed by atoms with E-state index in [1.807, 2.05) is 0 Å². The number of benzene rings is 1. The fourth-order valence-corrected chi connectivity index (χ4v) is 1.64. The van der Waals surface area contributed by atoms with Crippen molar-refractivity contribution in [3.05, 3.63) is 34.9 Å². The molecule has 0 aliphatic heterocycles. The summed E-state index contributed by atoms with van der Waals surface area (Å²) in [6, 6.07) is 3.91. The summed E-state index contributed by atoms with van der Waals surface area (Å²) in [5.74, 6) is -2.45. The number of rotatable bonds is 2. The van der Waals surface area contributed by atoms with Crippen molar-refractivity contribution in [3.63, 3.8) is 0 Å². The lowest BCUT2D eigenvalue weighted by Crippen LogP contribution is -2.31. The van der Waals surface area contributed by atoms with E-state index < -0.39 is 40.6 Å². The number of hydrogen-bond donors (Lipinski definition) is 0. The zero-order valence-corrected chi connectivity index (χ0v) is 15.6. The van der Waals surface area contributed by atoms with Crippen LogP contribution >= 0.6 is 0 Å². The molecule has 26 heavy (non-hydrogen) atoms. The van der Waals surface area contributed by atoms with Crippen molar-refractivity contribution >= 4 is 12.2 Å². The van der Waals surface area contributed by atoms with Crippen LogP contribution in [-0.2, 0) is 20.8 Å². The van der Waals surface area contributed by atoms with E-state index in [1.54, 1.807) is 47.6 Å². The molecule has 0 spiro atoms. The highest BCUT2D eigenvalue weighted by molar-refractivity contribution is 5.80. The maximum Gasteiger partial charge on any atom is 0.517 e. The molecule has 0 aliphatic rings. The SMILES string of the molecule is CC(C)(C)OC(=O)OC(=NCc1ccc(C#N)c(F)c1F)OC(C)(C)C. The normalized spacial score (nSPS) is 12.3. The van der Waals surface area contributed by atoms with Crippen LogP contribution in [0.5, 0.6) is 0 Å². The van der Waals surface area contributed by atoms with Crippen LogP contribution in [0.1, 0.15) is 52.7 Å². The van der Waals surface area contributed by atoms with Crippen LogP contribution in [0, 0.1) is 23.0 Å². The van der Waals surface area contributed by atoms with Gasteiger partial charge in [0.15, 0.2) is 11.6 Å². The van der Waals surface area contributed by atoms with Gasteiger partial charge in [0, 0.05) is 5.56 Å². The number of nitrogens with zero attached hydrogens (tertiary/aromatic N) is 2. The molecule has 8 heteroatoms. The fraction of sp³-hybridized carbons (Fsp3) is 0.500. The molecular formula is C18H22F2N2O4. The quantitative estimate of drug-likeness (QED) is 0.437. The Morgan fingerprint density at radius 3 is 2.15 bits per heavy atom. The minimum absolute atomic E-state index is 0.121. The predicted molar refractivity (Wildman–Crippen MR) is 90.4 cm³/mol. The van der Waals surface area contributed by atoms with E-state index in [0.717, 1.165) is 6.07 Å². The summed E-state index contributed by atoms with van der Waals surface area (Å²) in [6.45, 7) is 9.71. The lowest BCUT2D eigenvalue weighted by molar-refractivity contribution is -0.00129. The maximum atomic E-state index is 14.0. The minimum atomic E-state index is -1.26. The summed E-state index contributed by atoms with van der Waals surface area (Å²) in [5, 5.41) is 8.70. The number of ether oxygens (including phenoxy) is 3. The summed E-state index contributed by atoms with van der Waals surface area (Å²) in [5.41, 5.74) is -2.07. The third kappa shape index (κ3) is 7.05. The van der Waals surface area contributed by atoms with E-state index in [9.17, 15) is 13.6 Å². The Morgan fingerprint density at radius 2 is 1.65 bits per heavy atom. The van der Waals surface area contributed by atoms with E-state index in [-0.39, 0.29) is 12.1 Å². The standard InChI is InChI=1S/C18H22F2N2O4/c1-17(2,3)25-15(24-16(23)26-18(4,5)6)22-10-12-8-7-11(9-21)13(19)14(12)20/h7-8H,10H2,1-6H3. The number of hydrogen-bond acceptors (Lipinski definition) is 6. The lowest BCUT2D eigenvalue weighted by atomic mass is 10.1. The van der Waals surface area contributed by atoms with Gasteiger partial charge in [-0.15, -0.1) is 0 Å². The molecule has 0 unspecified atom stereocenters. The van der Waals surface area contributed by atoms with Crippen LogP contribution in [-0.4, -0.2) is 23.4 Å². The third-order valence-corrected chi connectivity index (χ3v) is 2.61. The molecule has 1 rings (SSSR count). The average molecular weight is 368 g/mol. The highest BCUT2D eigenvalue weighted by Gasteiger charge is 2.24. The van der Waals surface area contributed by atoms with Crippen LogP contribution in [0.4, 0.5) is 13.6 Å².